The van der Waals surface area contributed by atoms with E-state index in [-0.39, 0.29) is 17.5 Å². The number of ether oxygens (including phenoxy) is 1. The largest absolute Gasteiger partial charge is 0.494 e. The van der Waals surface area contributed by atoms with E-state index in [0.29, 0.717) is 23.6 Å². The van der Waals surface area contributed by atoms with Crippen molar-refractivity contribution in [2.24, 2.45) is 5.73 Å². The molecule has 106 valence electrons. The van der Waals surface area contributed by atoms with E-state index in [1.165, 1.54) is 7.11 Å². The first-order valence-corrected chi connectivity index (χ1v) is 6.80. The number of rotatable bonds is 5. The molecular weight excluding hydrogens is 277 g/mol. The molecule has 0 radical (unpaired) electrons. The minimum absolute atomic E-state index is 0.0499. The van der Waals surface area contributed by atoms with Crippen molar-refractivity contribution in [3.05, 3.63) is 64.4 Å². The Morgan fingerprint density at radius 3 is 2.50 bits per heavy atom. The van der Waals surface area contributed by atoms with Gasteiger partial charge in [-0.1, -0.05) is 35.9 Å². The monoisotopic (exact) mass is 293 g/mol. The zero-order valence-corrected chi connectivity index (χ0v) is 12.0. The zero-order valence-electron chi connectivity index (χ0n) is 11.3. The van der Waals surface area contributed by atoms with Crippen LogP contribution in [0.25, 0.3) is 0 Å². The summed E-state index contributed by atoms with van der Waals surface area (Å²) in [5, 5.41) is 0.678. The molecule has 0 heterocycles. The highest BCUT2D eigenvalue weighted by atomic mass is 35.5. The molecule has 0 saturated carbocycles. The van der Waals surface area contributed by atoms with E-state index >= 15 is 0 Å². The first kappa shape index (κ1) is 14.8. The second kappa shape index (κ2) is 6.73. The number of halogens is 2. The maximum absolute atomic E-state index is 14.2. The Hall–Kier alpha value is -1.58. The van der Waals surface area contributed by atoms with Gasteiger partial charge in [-0.25, -0.2) is 4.39 Å². The molecule has 2 nitrogen and oxygen atoms in total. The fraction of sp³-hybridized carbons (Fsp3) is 0.250. The smallest absolute Gasteiger partial charge is 0.168 e. The van der Waals surface area contributed by atoms with Crippen molar-refractivity contribution in [2.45, 2.75) is 12.3 Å². The molecule has 0 amide bonds. The summed E-state index contributed by atoms with van der Waals surface area (Å²) in [6.45, 7) is 0.443. The quantitative estimate of drug-likeness (QED) is 0.911. The second-order valence-corrected chi connectivity index (χ2v) is 5.06. The van der Waals surface area contributed by atoms with E-state index in [9.17, 15) is 4.39 Å². The number of nitrogens with two attached hydrogens (primary N) is 1. The third-order valence-electron chi connectivity index (χ3n) is 3.36. The van der Waals surface area contributed by atoms with E-state index < -0.39 is 0 Å². The lowest BCUT2D eigenvalue weighted by Crippen LogP contribution is -2.15. The molecule has 4 heteroatoms. The Kier molecular flexibility index (Phi) is 4.99. The number of methoxy groups -OCH3 is 1. The van der Waals surface area contributed by atoms with Crippen LogP contribution in [0.5, 0.6) is 5.75 Å². The van der Waals surface area contributed by atoms with Crippen molar-refractivity contribution in [1.82, 2.24) is 0 Å². The minimum atomic E-state index is -0.317. The Morgan fingerprint density at radius 1 is 1.20 bits per heavy atom. The SMILES string of the molecule is COc1cccc(CC(CN)c2ccc(Cl)cc2)c1F. The maximum Gasteiger partial charge on any atom is 0.168 e. The molecule has 20 heavy (non-hydrogen) atoms. The lowest BCUT2D eigenvalue weighted by atomic mass is 9.92. The highest BCUT2D eigenvalue weighted by molar-refractivity contribution is 6.30. The van der Waals surface area contributed by atoms with Gasteiger partial charge in [0.1, 0.15) is 0 Å². The fourth-order valence-corrected chi connectivity index (χ4v) is 2.34. The molecular formula is C16H17ClFNO. The van der Waals surface area contributed by atoms with E-state index in [0.717, 1.165) is 5.56 Å². The predicted molar refractivity (Wildman–Crippen MR) is 79.9 cm³/mol. The molecule has 1 atom stereocenters. The molecule has 0 fully saturated rings. The number of benzene rings is 2. The van der Waals surface area contributed by atoms with Crippen LogP contribution < -0.4 is 10.5 Å². The van der Waals surface area contributed by atoms with Gasteiger partial charge in [-0.05, 0) is 42.3 Å². The van der Waals surface area contributed by atoms with Crippen molar-refractivity contribution in [2.75, 3.05) is 13.7 Å². The number of hydrogen-bond donors (Lipinski definition) is 1. The van der Waals surface area contributed by atoms with Crippen molar-refractivity contribution in [3.63, 3.8) is 0 Å². The van der Waals surface area contributed by atoms with Crippen LogP contribution in [-0.2, 0) is 6.42 Å². The molecule has 0 aliphatic rings. The summed E-state index contributed by atoms with van der Waals surface area (Å²) >= 11 is 5.88. The van der Waals surface area contributed by atoms with Crippen LogP contribution >= 0.6 is 11.6 Å². The molecule has 2 aromatic carbocycles. The lowest BCUT2D eigenvalue weighted by Gasteiger charge is -2.16. The minimum Gasteiger partial charge on any atom is -0.494 e. The Labute approximate surface area is 123 Å². The zero-order chi connectivity index (χ0) is 14.5. The lowest BCUT2D eigenvalue weighted by molar-refractivity contribution is 0.383. The van der Waals surface area contributed by atoms with Crippen LogP contribution in [0.15, 0.2) is 42.5 Å². The third kappa shape index (κ3) is 3.30. The molecule has 0 aromatic heterocycles. The second-order valence-electron chi connectivity index (χ2n) is 4.62. The molecule has 2 aromatic rings. The average molecular weight is 294 g/mol. The van der Waals surface area contributed by atoms with Gasteiger partial charge in [-0.2, -0.15) is 0 Å². The van der Waals surface area contributed by atoms with E-state index in [1.54, 1.807) is 18.2 Å². The summed E-state index contributed by atoms with van der Waals surface area (Å²) in [6.07, 6.45) is 0.529. The molecule has 0 spiro atoms. The molecule has 2 N–H and O–H groups in total. The van der Waals surface area contributed by atoms with E-state index in [1.807, 2.05) is 24.3 Å². The van der Waals surface area contributed by atoms with Gasteiger partial charge in [0.15, 0.2) is 11.6 Å². The van der Waals surface area contributed by atoms with Gasteiger partial charge >= 0.3 is 0 Å². The van der Waals surface area contributed by atoms with Crippen molar-refractivity contribution < 1.29 is 9.13 Å². The van der Waals surface area contributed by atoms with Crippen LogP contribution in [0.4, 0.5) is 4.39 Å². The molecule has 1 unspecified atom stereocenters. The third-order valence-corrected chi connectivity index (χ3v) is 3.61. The average Bonchev–Trinajstić information content (AvgIpc) is 2.47. The summed E-state index contributed by atoms with van der Waals surface area (Å²) < 4.78 is 19.2. The predicted octanol–water partition coefficient (Wildman–Crippen LogP) is 3.77. The van der Waals surface area contributed by atoms with Crippen LogP contribution in [0, 0.1) is 5.82 Å². The van der Waals surface area contributed by atoms with Crippen LogP contribution in [0.1, 0.15) is 17.0 Å². The molecule has 2 rings (SSSR count). The van der Waals surface area contributed by atoms with Crippen molar-refractivity contribution in [1.29, 1.82) is 0 Å². The van der Waals surface area contributed by atoms with Crippen LogP contribution in [-0.4, -0.2) is 13.7 Å². The Morgan fingerprint density at radius 2 is 1.90 bits per heavy atom. The van der Waals surface area contributed by atoms with Gasteiger partial charge in [0.05, 0.1) is 7.11 Å². The van der Waals surface area contributed by atoms with Gasteiger partial charge < -0.3 is 10.5 Å². The summed E-state index contributed by atoms with van der Waals surface area (Å²) in [4.78, 5) is 0. The van der Waals surface area contributed by atoms with E-state index in [2.05, 4.69) is 0 Å². The van der Waals surface area contributed by atoms with Crippen LogP contribution in [0.3, 0.4) is 0 Å². The van der Waals surface area contributed by atoms with Gasteiger partial charge in [-0.3, -0.25) is 0 Å². The molecule has 0 bridgehead atoms. The van der Waals surface area contributed by atoms with Crippen molar-refractivity contribution >= 4 is 11.6 Å². The van der Waals surface area contributed by atoms with Gasteiger partial charge in [0, 0.05) is 10.9 Å². The fourth-order valence-electron chi connectivity index (χ4n) is 2.21. The molecule has 0 saturated heterocycles. The first-order chi connectivity index (χ1) is 9.65. The number of hydrogen-bond acceptors (Lipinski definition) is 2. The summed E-state index contributed by atoms with van der Waals surface area (Å²) in [5.41, 5.74) is 7.49. The summed E-state index contributed by atoms with van der Waals surface area (Å²) in [6, 6.07) is 12.7. The molecule has 0 aliphatic heterocycles. The van der Waals surface area contributed by atoms with Crippen molar-refractivity contribution in [3.8, 4) is 5.75 Å². The standard InChI is InChI=1S/C16H17ClFNO/c1-20-15-4-2-3-12(16(15)18)9-13(10-19)11-5-7-14(17)8-6-11/h2-8,13H,9-10,19H2,1H3. The van der Waals surface area contributed by atoms with Crippen LogP contribution in [0.2, 0.25) is 5.02 Å². The summed E-state index contributed by atoms with van der Waals surface area (Å²) in [5.74, 6) is -0.00864. The maximum atomic E-state index is 14.2. The summed E-state index contributed by atoms with van der Waals surface area (Å²) in [7, 11) is 1.46. The Balaban J connectivity index is 2.24. The van der Waals surface area contributed by atoms with E-state index in [4.69, 9.17) is 22.1 Å². The topological polar surface area (TPSA) is 35.2 Å². The van der Waals surface area contributed by atoms with Gasteiger partial charge in [0.2, 0.25) is 0 Å². The van der Waals surface area contributed by atoms with Gasteiger partial charge in [-0.15, -0.1) is 0 Å². The Bertz CT molecular complexity index is 571. The normalized spacial score (nSPS) is 12.2. The highest BCUT2D eigenvalue weighted by Gasteiger charge is 2.15. The highest BCUT2D eigenvalue weighted by Crippen LogP contribution is 2.26. The van der Waals surface area contributed by atoms with Gasteiger partial charge in [0.25, 0.3) is 0 Å². The molecule has 0 aliphatic carbocycles. The first-order valence-electron chi connectivity index (χ1n) is 6.42.